The highest BCUT2D eigenvalue weighted by Crippen LogP contribution is 2.37. The second-order valence-electron chi connectivity index (χ2n) is 19.4. The van der Waals surface area contributed by atoms with Crippen molar-refractivity contribution < 1.29 is 41.6 Å². The van der Waals surface area contributed by atoms with Crippen LogP contribution in [0.4, 0.5) is 19.3 Å². The average Bonchev–Trinajstić information content (AvgIpc) is 3.88. The van der Waals surface area contributed by atoms with Crippen LogP contribution in [0.25, 0.3) is 0 Å². The molecule has 3 aromatic carbocycles. The fourth-order valence-electron chi connectivity index (χ4n) is 5.36. The number of nitrogens with one attached hydrogen (secondary N) is 1. The number of nitro groups is 1. The molecule has 4 rings (SSSR count). The van der Waals surface area contributed by atoms with Gasteiger partial charge in [-0.05, 0) is 111 Å². The summed E-state index contributed by atoms with van der Waals surface area (Å²) in [6.07, 6.45) is 8.61. The minimum atomic E-state index is -1.89. The Morgan fingerprint density at radius 3 is 1.68 bits per heavy atom. The van der Waals surface area contributed by atoms with Crippen molar-refractivity contribution in [2.24, 2.45) is 5.73 Å². The molecule has 3 N–H and O–H groups in total. The van der Waals surface area contributed by atoms with E-state index < -0.39 is 38.6 Å². The van der Waals surface area contributed by atoms with Crippen molar-refractivity contribution in [3.05, 3.63) is 129 Å². The van der Waals surface area contributed by atoms with Gasteiger partial charge in [0.2, 0.25) is 5.91 Å². The Morgan fingerprint density at radius 1 is 0.847 bits per heavy atom. The lowest BCUT2D eigenvalue weighted by Crippen LogP contribution is -2.46. The molecule has 0 aliphatic carbocycles. The van der Waals surface area contributed by atoms with Crippen LogP contribution in [0.5, 0.6) is 5.75 Å². The molecule has 1 saturated heterocycles. The van der Waals surface area contributed by atoms with Crippen LogP contribution in [-0.4, -0.2) is 90.4 Å². The van der Waals surface area contributed by atoms with Crippen LogP contribution in [0.15, 0.2) is 86.0 Å². The van der Waals surface area contributed by atoms with Crippen molar-refractivity contribution >= 4 is 95.5 Å². The Morgan fingerprint density at radius 2 is 1.31 bits per heavy atom. The molecule has 0 unspecified atom stereocenters. The summed E-state index contributed by atoms with van der Waals surface area (Å²) >= 11 is 16.4. The molecule has 2 atom stereocenters. The summed E-state index contributed by atoms with van der Waals surface area (Å²) in [5.41, 5.74) is 5.51. The van der Waals surface area contributed by atoms with E-state index in [2.05, 4.69) is 90.9 Å². The summed E-state index contributed by atoms with van der Waals surface area (Å²) in [4.78, 5) is 34.3. The van der Waals surface area contributed by atoms with E-state index in [1.165, 1.54) is 49.2 Å². The second-order valence-corrected chi connectivity index (χ2v) is 30.1. The first-order chi connectivity index (χ1) is 32.5. The zero-order valence-corrected chi connectivity index (χ0v) is 50.7. The maximum Gasteiger partial charge on any atom is 0.409 e. The summed E-state index contributed by atoms with van der Waals surface area (Å²) in [6, 6.07) is 14.6. The molecule has 0 saturated carbocycles. The Balaban J connectivity index is -0.000000898. The van der Waals surface area contributed by atoms with Gasteiger partial charge < -0.3 is 34.3 Å². The maximum atomic E-state index is 13.5. The molecule has 3 aromatic rings. The number of amides is 1. The number of nitrogens with zero attached hydrogens (tertiary/aromatic N) is 2. The Kier molecular flexibility index (Phi) is 37.7. The van der Waals surface area contributed by atoms with E-state index in [1.54, 1.807) is 36.2 Å². The average molecular weight is 1140 g/mol. The van der Waals surface area contributed by atoms with Gasteiger partial charge in [-0.15, -0.1) is 13.2 Å². The molecule has 1 heterocycles. The Bertz CT molecular complexity index is 2060. The number of halogens is 5. The lowest BCUT2D eigenvalue weighted by molar-refractivity contribution is -0.384. The van der Waals surface area contributed by atoms with E-state index in [1.807, 2.05) is 19.2 Å². The lowest BCUT2D eigenvalue weighted by Gasteiger charge is -2.38. The van der Waals surface area contributed by atoms with Crippen molar-refractivity contribution in [3.8, 4) is 5.75 Å². The third-order valence-electron chi connectivity index (χ3n) is 12.1. The highest BCUT2D eigenvalue weighted by molar-refractivity contribution is 7.59. The molecular weight excluding hydrogens is 1060 g/mol. The zero-order valence-electron chi connectivity index (χ0n) is 44.4. The number of hydrogen-bond donors (Lipinski definition) is 2. The number of benzene rings is 3. The first-order valence-electron chi connectivity index (χ1n) is 23.2. The molecule has 1 fully saturated rings. The smallest absolute Gasteiger partial charge is 0.409 e. The molecule has 21 heteroatoms. The topological polar surface area (TPSA) is 155 Å². The molecule has 0 spiro atoms. The molecule has 1 amide bonds. The summed E-state index contributed by atoms with van der Waals surface area (Å²) in [6.45, 7) is 33.5. The molecule has 1 aliphatic rings. The van der Waals surface area contributed by atoms with Gasteiger partial charge in [0, 0.05) is 69.6 Å². The van der Waals surface area contributed by atoms with Gasteiger partial charge >= 0.3 is 5.43 Å². The largest absolute Gasteiger partial charge is 0.415 e. The van der Waals surface area contributed by atoms with Crippen LogP contribution >= 0.6 is 61.8 Å². The Hall–Kier alpha value is -2.86. The fraction of sp³-hybridized carbons (Fsp3) is 0.529. The number of carbonyl (C=O) groups excluding carboxylic acids is 2. The first-order valence-corrected chi connectivity index (χ1v) is 30.1. The third kappa shape index (κ3) is 28.7. The normalized spacial score (nSPS) is 12.9. The van der Waals surface area contributed by atoms with Crippen molar-refractivity contribution in [3.63, 3.8) is 0 Å². The first kappa shape index (κ1) is 73.4. The van der Waals surface area contributed by atoms with Crippen LogP contribution in [-0.2, 0) is 31.3 Å². The highest BCUT2D eigenvalue weighted by Gasteiger charge is 2.38. The van der Waals surface area contributed by atoms with Crippen molar-refractivity contribution in [1.29, 1.82) is 0 Å². The predicted octanol–water partition coefficient (Wildman–Crippen LogP) is 14.3. The van der Waals surface area contributed by atoms with E-state index in [-0.39, 0.29) is 78.4 Å². The lowest BCUT2D eigenvalue weighted by atomic mass is 10.1. The van der Waals surface area contributed by atoms with E-state index in [9.17, 15) is 28.5 Å². The fourth-order valence-corrected chi connectivity index (χ4v) is 7.96. The van der Waals surface area contributed by atoms with Gasteiger partial charge in [0.15, 0.2) is 16.6 Å². The third-order valence-corrected chi connectivity index (χ3v) is 22.0. The van der Waals surface area contributed by atoms with Gasteiger partial charge in [-0.1, -0.05) is 101 Å². The summed E-state index contributed by atoms with van der Waals surface area (Å²) in [5.74, 6) is -0.710. The minimum absolute atomic E-state index is 0. The van der Waals surface area contributed by atoms with Crippen LogP contribution in [0, 0.1) is 21.7 Å². The van der Waals surface area contributed by atoms with Gasteiger partial charge in [-0.25, -0.2) is 13.6 Å². The number of non-ortho nitro benzene ring substituents is 1. The number of nitro benzene ring substituents is 1. The van der Waals surface area contributed by atoms with Crippen molar-refractivity contribution in [1.82, 2.24) is 10.2 Å². The van der Waals surface area contributed by atoms with Gasteiger partial charge in [0.25, 0.3) is 5.69 Å². The van der Waals surface area contributed by atoms with Crippen LogP contribution < -0.4 is 15.8 Å². The van der Waals surface area contributed by atoms with Crippen LogP contribution in [0.1, 0.15) is 84.8 Å². The van der Waals surface area contributed by atoms with Gasteiger partial charge in [-0.3, -0.25) is 14.9 Å². The van der Waals surface area contributed by atoms with E-state index >= 15 is 0 Å². The van der Waals surface area contributed by atoms with Gasteiger partial charge in [0.05, 0.1) is 27.6 Å². The number of ether oxygens (including phenoxy) is 2. The number of likely N-dealkylation sites (N-methyl/N-ethyl adjacent to an activating group) is 2. The molecule has 0 aromatic heterocycles. The minimum Gasteiger partial charge on any atom is -0.415 e. The zero-order chi connectivity index (χ0) is 53.9. The molecule has 0 radical (unpaired) electrons. The molecule has 0 bridgehead atoms. The van der Waals surface area contributed by atoms with E-state index in [0.717, 1.165) is 26.2 Å². The van der Waals surface area contributed by atoms with Crippen LogP contribution in [0.3, 0.4) is 0 Å². The summed E-state index contributed by atoms with van der Waals surface area (Å²) in [5, 5.41) is 14.1. The molecular formula is C51H83Cl3F2N4O8S2Si2. The van der Waals surface area contributed by atoms with Gasteiger partial charge in [-0.2, -0.15) is 27.0 Å². The SMILES string of the molecule is C1CCOC1.C=CC[C@@H](CO[Si](C)(C)C(C)(C)C)N(C)C(=O)CCc1cccc(F)c1Cl.C=CC[C@@H](CO[Si](C)(C)C(C)(C)C)NC.NCc1cccc(F)c1Cl.O=C(Cl)Oc1ccc([N+](=O)[O-])cc1.S.S. The molecule has 72 heavy (non-hydrogen) atoms. The maximum absolute atomic E-state index is 13.5. The second kappa shape index (κ2) is 37.0. The van der Waals surface area contributed by atoms with Gasteiger partial charge in [0.1, 0.15) is 17.4 Å². The number of nitrogens with two attached hydrogens (primary N) is 1. The number of hydrogen-bond acceptors (Lipinski definition) is 10. The van der Waals surface area contributed by atoms with Crippen LogP contribution in [0.2, 0.25) is 46.3 Å². The molecule has 12 nitrogen and oxygen atoms in total. The van der Waals surface area contributed by atoms with E-state index in [4.69, 9.17) is 54.1 Å². The summed E-state index contributed by atoms with van der Waals surface area (Å²) < 4.78 is 48.0. The number of carbonyl (C=O) groups is 2. The monoisotopic (exact) mass is 1140 g/mol. The predicted molar refractivity (Wildman–Crippen MR) is 310 cm³/mol. The highest BCUT2D eigenvalue weighted by atomic mass is 35.5. The molecule has 1 aliphatic heterocycles. The Labute approximate surface area is 460 Å². The van der Waals surface area contributed by atoms with E-state index in [0.29, 0.717) is 41.7 Å². The van der Waals surface area contributed by atoms with Crippen molar-refractivity contribution in [2.45, 2.75) is 135 Å². The summed E-state index contributed by atoms with van der Waals surface area (Å²) in [7, 11) is 0.285. The molecule has 410 valence electrons. The quantitative estimate of drug-likeness (QED) is 0.0413. The number of rotatable bonds is 18. The van der Waals surface area contributed by atoms with Crippen molar-refractivity contribution in [2.75, 3.05) is 40.5 Å². The number of aryl methyl sites for hydroxylation is 1. The standard InChI is InChI=1S/C21H33ClFNO2Si.C12H27NOSi.C7H7ClFN.C7H4ClNO4.C4H8O.2H2S/c1-8-10-17(15-26-27(6,7)21(2,3)4)24(5)19(25)14-13-16-11-9-12-18(23)20(16)22;1-8-9-11(13-5)10-14-15(6,7)12(2,3)4;8-7-5(4-10)2-1-3-6(7)9;8-7(10)13-6-3-1-5(2-4-6)9(11)12;1-2-4-5-3-1;;/h8-9,11-12,17H,1,10,13-15H2,2-7H3;8,11,13H,1,9-10H2,2-7H3;1-3H,4,10H2;1-4H;1-4H2;2*1H2/t17-;11-;;;;;/m00...../s1.